The highest BCUT2D eigenvalue weighted by molar-refractivity contribution is 7.89. The van der Waals surface area contributed by atoms with E-state index in [1.54, 1.807) is 11.0 Å². The van der Waals surface area contributed by atoms with Crippen molar-refractivity contribution < 1.29 is 8.42 Å². The average Bonchev–Trinajstić information content (AvgIpc) is 2.14. The Labute approximate surface area is 106 Å². The lowest BCUT2D eigenvalue weighted by atomic mass is 10.2. The molecule has 17 heavy (non-hydrogen) atoms. The highest BCUT2D eigenvalue weighted by Gasteiger charge is 2.12. The molecule has 0 unspecified atom stereocenters. The number of hydrogen-bond acceptors (Lipinski definition) is 4. The van der Waals surface area contributed by atoms with E-state index in [-0.39, 0.29) is 10.0 Å². The molecule has 1 rings (SSSR count). The smallest absolute Gasteiger partial charge is 0.238 e. The molecular weight excluding hydrogens is 260 g/mol. The zero-order valence-electron chi connectivity index (χ0n) is 9.47. The van der Waals surface area contributed by atoms with Crippen LogP contribution in [0.15, 0.2) is 23.1 Å². The zero-order chi connectivity index (χ0) is 13.2. The molecule has 0 aliphatic rings. The van der Waals surface area contributed by atoms with Crippen LogP contribution >= 0.6 is 12.2 Å². The fourth-order valence-corrected chi connectivity index (χ4v) is 1.96. The van der Waals surface area contributed by atoms with Crippen molar-refractivity contribution in [1.82, 2.24) is 0 Å². The highest BCUT2D eigenvalue weighted by atomic mass is 32.2. The van der Waals surface area contributed by atoms with Gasteiger partial charge in [0, 0.05) is 14.1 Å². The van der Waals surface area contributed by atoms with Gasteiger partial charge in [0.1, 0.15) is 0 Å². The molecule has 1 aromatic rings. The molecule has 1 aromatic carbocycles. The minimum Gasteiger partial charge on any atom is -0.376 e. The lowest BCUT2D eigenvalue weighted by Crippen LogP contribution is -2.22. The monoisotopic (exact) mass is 274 g/mol. The fourth-order valence-electron chi connectivity index (χ4n) is 1.31. The number of nitrogens with two attached hydrogens (primary N) is 2. The first-order valence-electron chi connectivity index (χ1n) is 4.62. The Balaban J connectivity index is 3.34. The number of hydrogen-bond donors (Lipinski definition) is 3. The maximum absolute atomic E-state index is 11.2. The molecule has 0 saturated carbocycles. The van der Waals surface area contributed by atoms with Gasteiger partial charge in [-0.25, -0.2) is 13.6 Å². The molecule has 0 heterocycles. The molecular formula is C9H14N4O2S2. The van der Waals surface area contributed by atoms with Crippen LogP contribution in [0.1, 0.15) is 0 Å². The van der Waals surface area contributed by atoms with Crippen LogP contribution in [0, 0.1) is 0 Å². The summed E-state index contributed by atoms with van der Waals surface area (Å²) in [6.07, 6.45) is 0. The van der Waals surface area contributed by atoms with Gasteiger partial charge in [0.2, 0.25) is 10.0 Å². The van der Waals surface area contributed by atoms with Gasteiger partial charge in [-0.15, -0.1) is 0 Å². The van der Waals surface area contributed by atoms with Gasteiger partial charge in [-0.1, -0.05) is 0 Å². The van der Waals surface area contributed by atoms with Gasteiger partial charge in [0.25, 0.3) is 0 Å². The number of rotatable bonds is 3. The number of anilines is 2. The van der Waals surface area contributed by atoms with Crippen LogP contribution in [-0.2, 0) is 10.0 Å². The van der Waals surface area contributed by atoms with Crippen molar-refractivity contribution in [2.75, 3.05) is 24.3 Å². The van der Waals surface area contributed by atoms with E-state index in [2.05, 4.69) is 5.32 Å². The van der Waals surface area contributed by atoms with E-state index in [0.29, 0.717) is 5.69 Å². The lowest BCUT2D eigenvalue weighted by molar-refractivity contribution is 0.598. The summed E-state index contributed by atoms with van der Waals surface area (Å²) in [5, 5.41) is 7.82. The summed E-state index contributed by atoms with van der Waals surface area (Å²) in [4.78, 5) is 1.80. The van der Waals surface area contributed by atoms with E-state index >= 15 is 0 Å². The van der Waals surface area contributed by atoms with Crippen LogP contribution in [0.25, 0.3) is 0 Å². The van der Waals surface area contributed by atoms with Crippen molar-refractivity contribution in [3.8, 4) is 0 Å². The van der Waals surface area contributed by atoms with Gasteiger partial charge >= 0.3 is 0 Å². The maximum atomic E-state index is 11.2. The number of benzene rings is 1. The number of primary sulfonamides is 1. The van der Waals surface area contributed by atoms with Crippen molar-refractivity contribution in [2.45, 2.75) is 4.90 Å². The van der Waals surface area contributed by atoms with E-state index in [9.17, 15) is 8.42 Å². The van der Waals surface area contributed by atoms with Crippen LogP contribution in [-0.4, -0.2) is 27.6 Å². The second-order valence-corrected chi connectivity index (χ2v) is 5.61. The Morgan fingerprint density at radius 1 is 1.41 bits per heavy atom. The molecule has 0 bridgehead atoms. The molecule has 0 radical (unpaired) electrons. The number of thiocarbonyl (C=S) groups is 1. The molecule has 0 spiro atoms. The molecule has 94 valence electrons. The summed E-state index contributed by atoms with van der Waals surface area (Å²) in [6, 6.07) is 4.44. The standard InChI is InChI=1S/C9H14N4O2S2/c1-13(2)8-4-3-6(17(11,14)15)5-7(8)12-9(10)16/h3-5H,1-2H3,(H3,10,12,16)(H2,11,14,15). The summed E-state index contributed by atoms with van der Waals surface area (Å²) in [6.45, 7) is 0. The number of nitrogens with zero attached hydrogens (tertiary/aromatic N) is 1. The normalized spacial score (nSPS) is 11.0. The third-order valence-corrected chi connectivity index (χ3v) is 3.05. The zero-order valence-corrected chi connectivity index (χ0v) is 11.1. The second kappa shape index (κ2) is 4.86. The van der Waals surface area contributed by atoms with E-state index in [0.717, 1.165) is 5.69 Å². The number of sulfonamides is 1. The Hall–Kier alpha value is -1.38. The summed E-state index contributed by atoms with van der Waals surface area (Å²) in [5.74, 6) is 0. The van der Waals surface area contributed by atoms with Crippen LogP contribution < -0.4 is 21.1 Å². The number of nitrogens with one attached hydrogen (secondary N) is 1. The lowest BCUT2D eigenvalue weighted by Gasteiger charge is -2.18. The van der Waals surface area contributed by atoms with Crippen LogP contribution in [0.4, 0.5) is 11.4 Å². The van der Waals surface area contributed by atoms with Crippen LogP contribution in [0.2, 0.25) is 0 Å². The summed E-state index contributed by atoms with van der Waals surface area (Å²) in [5.41, 5.74) is 6.62. The largest absolute Gasteiger partial charge is 0.376 e. The molecule has 0 amide bonds. The summed E-state index contributed by atoms with van der Waals surface area (Å²) < 4.78 is 22.4. The Kier molecular flexibility index (Phi) is 3.91. The first kappa shape index (κ1) is 13.7. The molecule has 6 nitrogen and oxygen atoms in total. The highest BCUT2D eigenvalue weighted by Crippen LogP contribution is 2.26. The molecule has 0 fully saturated rings. The summed E-state index contributed by atoms with van der Waals surface area (Å²) in [7, 11) is -0.114. The average molecular weight is 274 g/mol. The van der Waals surface area contributed by atoms with E-state index in [4.69, 9.17) is 23.1 Å². The first-order valence-corrected chi connectivity index (χ1v) is 6.58. The molecule has 8 heteroatoms. The quantitative estimate of drug-likeness (QED) is 0.674. The Morgan fingerprint density at radius 2 is 2.00 bits per heavy atom. The molecule has 0 aliphatic carbocycles. The van der Waals surface area contributed by atoms with Gasteiger partial charge < -0.3 is 16.0 Å². The van der Waals surface area contributed by atoms with Crippen molar-refractivity contribution >= 4 is 38.7 Å². The van der Waals surface area contributed by atoms with Gasteiger partial charge in [-0.05, 0) is 30.4 Å². The minimum absolute atomic E-state index is 0.00171. The predicted octanol–water partition coefficient (Wildman–Crippen LogP) is 0.0555. The van der Waals surface area contributed by atoms with Crippen molar-refractivity contribution in [2.24, 2.45) is 10.9 Å². The third-order valence-electron chi connectivity index (χ3n) is 2.04. The maximum Gasteiger partial charge on any atom is 0.238 e. The Morgan fingerprint density at radius 3 is 2.41 bits per heavy atom. The molecule has 0 saturated heterocycles. The second-order valence-electron chi connectivity index (χ2n) is 3.61. The van der Waals surface area contributed by atoms with Crippen LogP contribution in [0.5, 0.6) is 0 Å². The molecule has 0 aliphatic heterocycles. The van der Waals surface area contributed by atoms with E-state index in [1.807, 2.05) is 14.1 Å². The van der Waals surface area contributed by atoms with E-state index < -0.39 is 10.0 Å². The minimum atomic E-state index is -3.75. The van der Waals surface area contributed by atoms with Gasteiger partial charge in [0.05, 0.1) is 16.3 Å². The van der Waals surface area contributed by atoms with E-state index in [1.165, 1.54) is 12.1 Å². The fraction of sp³-hybridized carbons (Fsp3) is 0.222. The predicted molar refractivity (Wildman–Crippen MR) is 72.6 cm³/mol. The van der Waals surface area contributed by atoms with Gasteiger partial charge in [0.15, 0.2) is 5.11 Å². The third kappa shape index (κ3) is 3.55. The molecule has 0 atom stereocenters. The summed E-state index contributed by atoms with van der Waals surface area (Å²) >= 11 is 4.73. The van der Waals surface area contributed by atoms with Crippen molar-refractivity contribution in [3.05, 3.63) is 18.2 Å². The van der Waals surface area contributed by atoms with Gasteiger partial charge in [-0.2, -0.15) is 0 Å². The van der Waals surface area contributed by atoms with Crippen molar-refractivity contribution in [1.29, 1.82) is 0 Å². The molecule has 0 aromatic heterocycles. The van der Waals surface area contributed by atoms with Crippen molar-refractivity contribution in [3.63, 3.8) is 0 Å². The van der Waals surface area contributed by atoms with Gasteiger partial charge in [-0.3, -0.25) is 0 Å². The first-order chi connectivity index (χ1) is 7.71. The topological polar surface area (TPSA) is 101 Å². The molecule has 5 N–H and O–H groups in total. The Bertz CT molecular complexity index is 540. The van der Waals surface area contributed by atoms with Crippen LogP contribution in [0.3, 0.4) is 0 Å². The SMILES string of the molecule is CN(C)c1ccc(S(N)(=O)=O)cc1NC(N)=S.